The van der Waals surface area contributed by atoms with Gasteiger partial charge in [-0.25, -0.2) is 0 Å². The molecule has 2 amide bonds. The SMILES string of the molecule is CC1CCC(=CC(=O)NCCC(=O)N(C)Cc2ccccc2)CC1. The Balaban J connectivity index is 1.68. The third-order valence-corrected chi connectivity index (χ3v) is 4.58. The number of benzene rings is 1. The van der Waals surface area contributed by atoms with Gasteiger partial charge in [-0.05, 0) is 37.2 Å². The molecule has 4 heteroatoms. The summed E-state index contributed by atoms with van der Waals surface area (Å²) in [6.07, 6.45) is 6.43. The maximum absolute atomic E-state index is 12.1. The molecule has 130 valence electrons. The van der Waals surface area contributed by atoms with Gasteiger partial charge in [-0.1, -0.05) is 42.8 Å². The van der Waals surface area contributed by atoms with Crippen LogP contribution in [0.1, 0.15) is 44.6 Å². The van der Waals surface area contributed by atoms with E-state index in [0.29, 0.717) is 19.5 Å². The van der Waals surface area contributed by atoms with E-state index >= 15 is 0 Å². The summed E-state index contributed by atoms with van der Waals surface area (Å²) in [5.74, 6) is 0.736. The van der Waals surface area contributed by atoms with Crippen molar-refractivity contribution in [1.29, 1.82) is 0 Å². The molecule has 0 saturated heterocycles. The summed E-state index contributed by atoms with van der Waals surface area (Å²) in [4.78, 5) is 25.7. The molecular formula is C20H28N2O2. The smallest absolute Gasteiger partial charge is 0.243 e. The van der Waals surface area contributed by atoms with Gasteiger partial charge in [0, 0.05) is 32.6 Å². The minimum Gasteiger partial charge on any atom is -0.352 e. The average Bonchev–Trinajstić information content (AvgIpc) is 2.57. The standard InChI is InChI=1S/C20H28N2O2/c1-16-8-10-17(11-9-16)14-19(23)21-13-12-20(24)22(2)15-18-6-4-3-5-7-18/h3-7,14,16H,8-13,15H2,1-2H3,(H,21,23). The highest BCUT2D eigenvalue weighted by atomic mass is 16.2. The third kappa shape index (κ3) is 6.19. The van der Waals surface area contributed by atoms with Gasteiger partial charge in [-0.2, -0.15) is 0 Å². The molecule has 1 aliphatic carbocycles. The van der Waals surface area contributed by atoms with E-state index in [2.05, 4.69) is 12.2 Å². The molecule has 1 N–H and O–H groups in total. The molecule has 0 aliphatic heterocycles. The zero-order valence-corrected chi connectivity index (χ0v) is 14.8. The van der Waals surface area contributed by atoms with Crippen LogP contribution in [0.5, 0.6) is 0 Å². The van der Waals surface area contributed by atoms with E-state index in [9.17, 15) is 9.59 Å². The van der Waals surface area contributed by atoms with Crippen molar-refractivity contribution in [2.75, 3.05) is 13.6 Å². The summed E-state index contributed by atoms with van der Waals surface area (Å²) >= 11 is 0. The van der Waals surface area contributed by atoms with Gasteiger partial charge in [0.1, 0.15) is 0 Å². The number of hydrogen-bond donors (Lipinski definition) is 1. The number of hydrogen-bond acceptors (Lipinski definition) is 2. The van der Waals surface area contributed by atoms with E-state index in [1.54, 1.807) is 18.0 Å². The van der Waals surface area contributed by atoms with Gasteiger partial charge in [0.2, 0.25) is 11.8 Å². The maximum atomic E-state index is 12.1. The molecule has 0 bridgehead atoms. The lowest BCUT2D eigenvalue weighted by atomic mass is 9.87. The van der Waals surface area contributed by atoms with Crippen LogP contribution in [0.15, 0.2) is 42.0 Å². The van der Waals surface area contributed by atoms with Crippen molar-refractivity contribution in [3.8, 4) is 0 Å². The summed E-state index contributed by atoms with van der Waals surface area (Å²) in [7, 11) is 1.79. The third-order valence-electron chi connectivity index (χ3n) is 4.58. The Hall–Kier alpha value is -2.10. The van der Waals surface area contributed by atoms with E-state index in [1.807, 2.05) is 30.3 Å². The first kappa shape index (κ1) is 18.2. The van der Waals surface area contributed by atoms with Crippen molar-refractivity contribution >= 4 is 11.8 Å². The summed E-state index contributed by atoms with van der Waals surface area (Å²) < 4.78 is 0. The Morgan fingerprint density at radius 2 is 1.88 bits per heavy atom. The van der Waals surface area contributed by atoms with Crippen LogP contribution < -0.4 is 5.32 Å². The van der Waals surface area contributed by atoms with Crippen LogP contribution in [0, 0.1) is 5.92 Å². The lowest BCUT2D eigenvalue weighted by molar-refractivity contribution is -0.130. The quantitative estimate of drug-likeness (QED) is 0.815. The molecule has 0 heterocycles. The minimum absolute atomic E-state index is 0.0401. The van der Waals surface area contributed by atoms with Gasteiger partial charge in [-0.3, -0.25) is 9.59 Å². The lowest BCUT2D eigenvalue weighted by Crippen LogP contribution is -2.31. The monoisotopic (exact) mass is 328 g/mol. The number of allylic oxidation sites excluding steroid dienone is 1. The summed E-state index contributed by atoms with van der Waals surface area (Å²) in [5.41, 5.74) is 2.34. The van der Waals surface area contributed by atoms with Crippen molar-refractivity contribution in [3.63, 3.8) is 0 Å². The number of carbonyl (C=O) groups is 2. The van der Waals surface area contributed by atoms with Crippen LogP contribution in [0.2, 0.25) is 0 Å². The highest BCUT2D eigenvalue weighted by Gasteiger charge is 2.13. The molecule has 0 spiro atoms. The molecule has 1 fully saturated rings. The molecule has 1 saturated carbocycles. The number of nitrogens with one attached hydrogen (secondary N) is 1. The molecule has 0 unspecified atom stereocenters. The van der Waals surface area contributed by atoms with Crippen molar-refractivity contribution < 1.29 is 9.59 Å². The average molecular weight is 328 g/mol. The van der Waals surface area contributed by atoms with Gasteiger partial charge in [0.25, 0.3) is 0 Å². The second kappa shape index (κ2) is 9.26. The van der Waals surface area contributed by atoms with E-state index in [1.165, 1.54) is 18.4 Å². The Morgan fingerprint density at radius 1 is 1.21 bits per heavy atom. The number of amides is 2. The van der Waals surface area contributed by atoms with Crippen LogP contribution in [0.25, 0.3) is 0 Å². The fourth-order valence-corrected chi connectivity index (χ4v) is 2.94. The van der Waals surface area contributed by atoms with E-state index in [-0.39, 0.29) is 11.8 Å². The molecule has 0 radical (unpaired) electrons. The van der Waals surface area contributed by atoms with Gasteiger partial charge < -0.3 is 10.2 Å². The Morgan fingerprint density at radius 3 is 2.54 bits per heavy atom. The molecule has 1 aromatic carbocycles. The highest BCUT2D eigenvalue weighted by molar-refractivity contribution is 5.88. The van der Waals surface area contributed by atoms with Gasteiger partial charge in [0.05, 0.1) is 0 Å². The molecule has 4 nitrogen and oxygen atoms in total. The second-order valence-electron chi connectivity index (χ2n) is 6.76. The zero-order chi connectivity index (χ0) is 17.4. The van der Waals surface area contributed by atoms with E-state index < -0.39 is 0 Å². The van der Waals surface area contributed by atoms with Gasteiger partial charge in [-0.15, -0.1) is 0 Å². The Kier molecular flexibility index (Phi) is 7.04. The van der Waals surface area contributed by atoms with Crippen LogP contribution in [0.4, 0.5) is 0 Å². The van der Waals surface area contributed by atoms with Crippen molar-refractivity contribution in [2.45, 2.75) is 45.6 Å². The van der Waals surface area contributed by atoms with Crippen molar-refractivity contribution in [2.24, 2.45) is 5.92 Å². The van der Waals surface area contributed by atoms with Gasteiger partial charge in [0.15, 0.2) is 0 Å². The van der Waals surface area contributed by atoms with Crippen LogP contribution in [-0.4, -0.2) is 30.3 Å². The van der Waals surface area contributed by atoms with Crippen LogP contribution >= 0.6 is 0 Å². The lowest BCUT2D eigenvalue weighted by Gasteiger charge is -2.20. The molecular weight excluding hydrogens is 300 g/mol. The normalized spacial score (nSPS) is 17.2. The number of rotatable bonds is 6. The summed E-state index contributed by atoms with van der Waals surface area (Å²) in [6, 6.07) is 9.90. The minimum atomic E-state index is -0.0712. The fraction of sp³-hybridized carbons (Fsp3) is 0.500. The van der Waals surface area contributed by atoms with Crippen LogP contribution in [-0.2, 0) is 16.1 Å². The molecule has 2 rings (SSSR count). The molecule has 1 aliphatic rings. The predicted octanol–water partition coefficient (Wildman–Crippen LogP) is 3.29. The van der Waals surface area contributed by atoms with E-state index in [0.717, 1.165) is 24.3 Å². The van der Waals surface area contributed by atoms with Crippen LogP contribution in [0.3, 0.4) is 0 Å². The molecule has 0 atom stereocenters. The second-order valence-corrected chi connectivity index (χ2v) is 6.76. The van der Waals surface area contributed by atoms with E-state index in [4.69, 9.17) is 0 Å². The first-order valence-electron chi connectivity index (χ1n) is 8.79. The first-order chi connectivity index (χ1) is 11.5. The zero-order valence-electron chi connectivity index (χ0n) is 14.8. The molecule has 0 aromatic heterocycles. The first-order valence-corrected chi connectivity index (χ1v) is 8.79. The Labute approximate surface area is 144 Å². The summed E-state index contributed by atoms with van der Waals surface area (Å²) in [5, 5.41) is 2.83. The summed E-state index contributed by atoms with van der Waals surface area (Å²) in [6.45, 7) is 3.24. The predicted molar refractivity (Wildman–Crippen MR) is 96.3 cm³/mol. The van der Waals surface area contributed by atoms with Crippen molar-refractivity contribution in [3.05, 3.63) is 47.5 Å². The number of carbonyl (C=O) groups excluding carboxylic acids is 2. The topological polar surface area (TPSA) is 49.4 Å². The maximum Gasteiger partial charge on any atom is 0.243 e. The Bertz CT molecular complexity index is 571. The largest absolute Gasteiger partial charge is 0.352 e. The van der Waals surface area contributed by atoms with Gasteiger partial charge >= 0.3 is 0 Å². The number of nitrogens with zero attached hydrogens (tertiary/aromatic N) is 1. The molecule has 24 heavy (non-hydrogen) atoms. The fourth-order valence-electron chi connectivity index (χ4n) is 2.94. The highest BCUT2D eigenvalue weighted by Crippen LogP contribution is 2.27. The molecule has 1 aromatic rings. The van der Waals surface area contributed by atoms with Crippen molar-refractivity contribution in [1.82, 2.24) is 10.2 Å².